The van der Waals surface area contributed by atoms with Crippen LogP contribution in [0.4, 0.5) is 4.79 Å². The zero-order valence-corrected chi connectivity index (χ0v) is 19.1. The van der Waals surface area contributed by atoms with Gasteiger partial charge in [-0.25, -0.2) is 17.9 Å². The van der Waals surface area contributed by atoms with Crippen LogP contribution in [0.5, 0.6) is 0 Å². The number of urea groups is 1. The molecule has 5 unspecified atom stereocenters. The first-order valence-corrected chi connectivity index (χ1v) is 12.6. The first kappa shape index (κ1) is 22.6. The average Bonchev–Trinajstić information content (AvgIpc) is 3.25. The predicted molar refractivity (Wildman–Crippen MR) is 111 cm³/mol. The molecule has 2 saturated carbocycles. The molecular formula is C20H32N4O6S. The van der Waals surface area contributed by atoms with Crippen LogP contribution in [-0.4, -0.2) is 78.0 Å². The minimum atomic E-state index is -3.58. The summed E-state index contributed by atoms with van der Waals surface area (Å²) in [6, 6.07) is -0.834. The third-order valence-electron chi connectivity index (χ3n) is 6.88. The Morgan fingerprint density at radius 1 is 1.26 bits per heavy atom. The number of imide groups is 1. The van der Waals surface area contributed by atoms with Crippen molar-refractivity contribution in [1.29, 1.82) is 0 Å². The van der Waals surface area contributed by atoms with Gasteiger partial charge in [0.1, 0.15) is 5.78 Å². The van der Waals surface area contributed by atoms with E-state index < -0.39 is 33.3 Å². The summed E-state index contributed by atoms with van der Waals surface area (Å²) in [4.78, 5) is 46.4. The molecule has 2 saturated heterocycles. The van der Waals surface area contributed by atoms with E-state index in [4.69, 9.17) is 4.84 Å². The van der Waals surface area contributed by atoms with Crippen LogP contribution in [0.15, 0.2) is 0 Å². The van der Waals surface area contributed by atoms with Crippen molar-refractivity contribution in [2.24, 2.45) is 5.92 Å². The second-order valence-electron chi connectivity index (χ2n) is 9.87. The minimum Gasteiger partial charge on any atom is -0.313 e. The van der Waals surface area contributed by atoms with E-state index in [-0.39, 0.29) is 48.9 Å². The summed E-state index contributed by atoms with van der Waals surface area (Å²) in [7, 11) is -3.58. The second kappa shape index (κ2) is 8.09. The van der Waals surface area contributed by atoms with Crippen LogP contribution in [0.25, 0.3) is 0 Å². The Hall–Kier alpha value is -1.56. The van der Waals surface area contributed by atoms with E-state index in [1.165, 1.54) is 11.8 Å². The van der Waals surface area contributed by atoms with Crippen LogP contribution >= 0.6 is 0 Å². The van der Waals surface area contributed by atoms with E-state index in [0.29, 0.717) is 19.3 Å². The van der Waals surface area contributed by atoms with Gasteiger partial charge < -0.3 is 4.90 Å². The van der Waals surface area contributed by atoms with Gasteiger partial charge in [0.25, 0.3) is 0 Å². The molecule has 2 aliphatic carbocycles. The fraction of sp³-hybridized carbons (Fsp3) is 0.850. The number of nitrogens with zero attached hydrogens (tertiary/aromatic N) is 2. The van der Waals surface area contributed by atoms with Crippen molar-refractivity contribution in [3.8, 4) is 0 Å². The molecule has 4 fully saturated rings. The number of carbonyl (C=O) groups is 3. The maximum atomic E-state index is 13.3. The van der Waals surface area contributed by atoms with Gasteiger partial charge in [-0.15, -0.1) is 0 Å². The topological polar surface area (TPSA) is 125 Å². The molecule has 2 heterocycles. The van der Waals surface area contributed by atoms with E-state index in [1.54, 1.807) is 0 Å². The number of ketones is 1. The number of nitrogens with one attached hydrogen (secondary N) is 2. The fourth-order valence-corrected chi connectivity index (χ4v) is 6.92. The van der Waals surface area contributed by atoms with Gasteiger partial charge in [0.2, 0.25) is 15.9 Å². The lowest BCUT2D eigenvalue weighted by Gasteiger charge is -2.48. The van der Waals surface area contributed by atoms with E-state index in [1.807, 2.05) is 13.8 Å². The number of amides is 3. The molecule has 11 heteroatoms. The third-order valence-corrected chi connectivity index (χ3v) is 8.97. The van der Waals surface area contributed by atoms with Crippen molar-refractivity contribution >= 4 is 27.7 Å². The summed E-state index contributed by atoms with van der Waals surface area (Å²) in [5, 5.41) is -0.686. The predicted octanol–water partition coefficient (Wildman–Crippen LogP) is 0.531. The van der Waals surface area contributed by atoms with Crippen molar-refractivity contribution in [3.05, 3.63) is 0 Å². The molecular weight excluding hydrogens is 424 g/mol. The Kier molecular flexibility index (Phi) is 5.91. The largest absolute Gasteiger partial charge is 0.327 e. The molecule has 4 aliphatic rings. The summed E-state index contributed by atoms with van der Waals surface area (Å²) in [5.41, 5.74) is 2.46. The number of hydrogen-bond acceptors (Lipinski definition) is 7. The number of hydrogen-bond donors (Lipinski definition) is 2. The molecule has 174 valence electrons. The molecule has 0 spiro atoms. The highest BCUT2D eigenvalue weighted by Gasteiger charge is 2.52. The van der Waals surface area contributed by atoms with E-state index >= 15 is 0 Å². The molecule has 0 radical (unpaired) electrons. The number of hydroxylamine groups is 1. The lowest BCUT2D eigenvalue weighted by molar-refractivity contribution is -0.143. The van der Waals surface area contributed by atoms with Crippen LogP contribution in [0.1, 0.15) is 59.3 Å². The molecule has 0 aromatic carbocycles. The minimum absolute atomic E-state index is 0.0837. The Morgan fingerprint density at radius 2 is 1.97 bits per heavy atom. The summed E-state index contributed by atoms with van der Waals surface area (Å²) in [6.45, 7) is 5.23. The number of sulfonamides is 1. The number of fused-ring (bicyclic) bond motifs is 1. The van der Waals surface area contributed by atoms with Gasteiger partial charge in [0.05, 0.1) is 30.4 Å². The molecule has 0 aromatic heterocycles. The van der Waals surface area contributed by atoms with Crippen molar-refractivity contribution in [2.75, 3.05) is 13.1 Å². The fourth-order valence-electron chi connectivity index (χ4n) is 4.96. The van der Waals surface area contributed by atoms with E-state index in [2.05, 4.69) is 10.2 Å². The lowest BCUT2D eigenvalue weighted by Crippen LogP contribution is -2.65. The van der Waals surface area contributed by atoms with E-state index in [0.717, 1.165) is 17.7 Å². The SMILES string of the molecule is CC(=O)CN1C(=O)N(CC2CC(C)NO2)C(=O)C2CC(S(=O)(=O)NC3(C)CC3)CCC21. The highest BCUT2D eigenvalue weighted by molar-refractivity contribution is 7.90. The molecule has 4 rings (SSSR count). The van der Waals surface area contributed by atoms with Gasteiger partial charge >= 0.3 is 6.03 Å². The quantitative estimate of drug-likeness (QED) is 0.572. The Morgan fingerprint density at radius 3 is 2.55 bits per heavy atom. The summed E-state index contributed by atoms with van der Waals surface area (Å²) >= 11 is 0. The number of carbonyl (C=O) groups excluding carboxylic acids is 3. The average molecular weight is 457 g/mol. The molecule has 2 N–H and O–H groups in total. The standard InChI is InChI=1S/C20H32N4O6S/c1-12-8-14(30-21-12)11-24-18(26)16-9-15(31(28,29)22-20(3)6-7-20)4-5-17(16)23(19(24)27)10-13(2)25/h12,14-17,21-22H,4-11H2,1-3H3. The monoisotopic (exact) mass is 456 g/mol. The van der Waals surface area contributed by atoms with Gasteiger partial charge in [-0.3, -0.25) is 19.3 Å². The molecule has 3 amide bonds. The summed E-state index contributed by atoms with van der Waals surface area (Å²) < 4.78 is 28.7. The van der Waals surface area contributed by atoms with Crippen LogP contribution in [0, 0.1) is 5.92 Å². The van der Waals surface area contributed by atoms with Gasteiger partial charge in [0.15, 0.2) is 0 Å². The Bertz CT molecular complexity index is 873. The Balaban J connectivity index is 1.55. The first-order chi connectivity index (χ1) is 14.5. The van der Waals surface area contributed by atoms with Crippen molar-refractivity contribution < 1.29 is 27.6 Å². The second-order valence-corrected chi connectivity index (χ2v) is 11.8. The molecule has 0 aromatic rings. The molecule has 0 bridgehead atoms. The lowest BCUT2D eigenvalue weighted by atomic mass is 9.80. The molecule has 10 nitrogen and oxygen atoms in total. The van der Waals surface area contributed by atoms with Crippen LogP contribution < -0.4 is 10.2 Å². The molecule has 5 atom stereocenters. The van der Waals surface area contributed by atoms with Crippen LogP contribution in [-0.2, 0) is 24.4 Å². The highest BCUT2D eigenvalue weighted by Crippen LogP contribution is 2.40. The summed E-state index contributed by atoms with van der Waals surface area (Å²) in [5.74, 6) is -1.19. The highest BCUT2D eigenvalue weighted by atomic mass is 32.2. The zero-order valence-electron chi connectivity index (χ0n) is 18.3. The van der Waals surface area contributed by atoms with Crippen molar-refractivity contribution in [3.63, 3.8) is 0 Å². The molecule has 31 heavy (non-hydrogen) atoms. The Labute approximate surface area is 183 Å². The summed E-state index contributed by atoms with van der Waals surface area (Å²) in [6.07, 6.45) is 2.82. The van der Waals surface area contributed by atoms with Gasteiger partial charge in [-0.05, 0) is 59.3 Å². The van der Waals surface area contributed by atoms with Crippen LogP contribution in [0.2, 0.25) is 0 Å². The number of Topliss-reactive ketones (excluding diaryl/α,β-unsaturated/α-hetero) is 1. The maximum absolute atomic E-state index is 13.3. The maximum Gasteiger partial charge on any atom is 0.327 e. The normalized spacial score (nSPS) is 35.3. The van der Waals surface area contributed by atoms with Gasteiger partial charge in [-0.1, -0.05) is 0 Å². The number of rotatable bonds is 7. The smallest absolute Gasteiger partial charge is 0.313 e. The van der Waals surface area contributed by atoms with Gasteiger partial charge in [-0.2, -0.15) is 5.48 Å². The van der Waals surface area contributed by atoms with Crippen molar-refractivity contribution in [1.82, 2.24) is 20.0 Å². The van der Waals surface area contributed by atoms with Gasteiger partial charge in [0, 0.05) is 17.6 Å². The third kappa shape index (κ3) is 4.64. The van der Waals surface area contributed by atoms with Crippen LogP contribution in [0.3, 0.4) is 0 Å². The first-order valence-electron chi connectivity index (χ1n) is 11.0. The zero-order chi connectivity index (χ0) is 22.6. The van der Waals surface area contributed by atoms with E-state index in [9.17, 15) is 22.8 Å². The van der Waals surface area contributed by atoms with Crippen molar-refractivity contribution in [2.45, 2.75) is 88.3 Å². The molecule has 2 aliphatic heterocycles.